The smallest absolute Gasteiger partial charge is 0.419 e. The number of ether oxygens (including phenoxy) is 2. The topological polar surface area (TPSA) is 164 Å². The third-order valence-electron chi connectivity index (χ3n) is 6.32. The van der Waals surface area contributed by atoms with E-state index in [0.29, 0.717) is 17.6 Å². The van der Waals surface area contributed by atoms with Crippen LogP contribution in [0.25, 0.3) is 10.9 Å². The van der Waals surface area contributed by atoms with Gasteiger partial charge in [0.1, 0.15) is 11.3 Å². The van der Waals surface area contributed by atoms with Gasteiger partial charge in [0.2, 0.25) is 18.2 Å². The average molecular weight is 612 g/mol. The summed E-state index contributed by atoms with van der Waals surface area (Å²) >= 11 is 0. The molecule has 1 unspecified atom stereocenters. The molecule has 2 aromatic heterocycles. The van der Waals surface area contributed by atoms with Crippen LogP contribution in [0.15, 0.2) is 65.6 Å². The van der Waals surface area contributed by atoms with Crippen LogP contribution in [0, 0.1) is 0 Å². The molecule has 13 nitrogen and oxygen atoms in total. The van der Waals surface area contributed by atoms with Crippen LogP contribution in [0.3, 0.4) is 0 Å². The summed E-state index contributed by atoms with van der Waals surface area (Å²) in [6.07, 6.45) is 2.83. The molecule has 2 amide bonds. The summed E-state index contributed by atoms with van der Waals surface area (Å²) in [6.45, 7) is 4.83. The van der Waals surface area contributed by atoms with Crippen molar-refractivity contribution in [3.63, 3.8) is 0 Å². The molecule has 0 aliphatic rings. The van der Waals surface area contributed by atoms with Crippen LogP contribution in [0.2, 0.25) is 0 Å². The van der Waals surface area contributed by atoms with Gasteiger partial charge in [-0.15, -0.1) is 0 Å². The molecule has 1 aromatic carbocycles. The van der Waals surface area contributed by atoms with Crippen molar-refractivity contribution < 1.29 is 34.1 Å². The van der Waals surface area contributed by atoms with Crippen molar-refractivity contribution in [1.29, 1.82) is 0 Å². The number of amides is 2. The number of aliphatic hydroxyl groups is 2. The number of aromatic nitrogens is 2. The van der Waals surface area contributed by atoms with E-state index in [2.05, 4.69) is 10.6 Å². The van der Waals surface area contributed by atoms with Gasteiger partial charge in [-0.2, -0.15) is 0 Å². The van der Waals surface area contributed by atoms with Gasteiger partial charge in [0.25, 0.3) is 5.56 Å². The molecule has 3 rings (SSSR count). The van der Waals surface area contributed by atoms with E-state index in [-0.39, 0.29) is 37.8 Å². The SMILES string of the molecule is CN(C)C(=O)/C=C/CC[C@H](NC(O)OCCO)C(=O)Nc1cccn(Cc2cc3ccccc3n2C(=O)OC(C)(C)C)c1=O. The first-order valence-corrected chi connectivity index (χ1v) is 14.2. The maximum atomic E-state index is 13.5. The van der Waals surface area contributed by atoms with Crippen molar-refractivity contribution in [3.8, 4) is 0 Å². The highest BCUT2D eigenvalue weighted by Gasteiger charge is 2.24. The van der Waals surface area contributed by atoms with Crippen molar-refractivity contribution in [2.45, 2.75) is 58.2 Å². The Morgan fingerprint density at radius 3 is 2.52 bits per heavy atom. The fourth-order valence-corrected chi connectivity index (χ4v) is 4.27. The molecule has 44 heavy (non-hydrogen) atoms. The second-order valence-corrected chi connectivity index (χ2v) is 11.2. The van der Waals surface area contributed by atoms with Crippen LogP contribution in [0.5, 0.6) is 0 Å². The van der Waals surface area contributed by atoms with E-state index in [9.17, 15) is 24.3 Å². The second kappa shape index (κ2) is 15.4. The number of allylic oxidation sites excluding steroid dienone is 1. The van der Waals surface area contributed by atoms with Crippen LogP contribution >= 0.6 is 0 Å². The highest BCUT2D eigenvalue weighted by Crippen LogP contribution is 2.22. The molecule has 4 N–H and O–H groups in total. The van der Waals surface area contributed by atoms with Gasteiger partial charge in [-0.05, 0) is 64.0 Å². The molecule has 13 heteroatoms. The van der Waals surface area contributed by atoms with Crippen molar-refractivity contribution in [2.75, 3.05) is 32.6 Å². The van der Waals surface area contributed by atoms with E-state index in [4.69, 9.17) is 14.6 Å². The molecule has 0 aliphatic heterocycles. The Kier molecular flexibility index (Phi) is 12.0. The van der Waals surface area contributed by atoms with Gasteiger partial charge in [-0.25, -0.2) is 9.36 Å². The van der Waals surface area contributed by atoms with Crippen LogP contribution < -0.4 is 16.2 Å². The van der Waals surface area contributed by atoms with Gasteiger partial charge in [0.15, 0.2) is 0 Å². The summed E-state index contributed by atoms with van der Waals surface area (Å²) in [4.78, 5) is 53.1. The number of hydrogen-bond acceptors (Lipinski definition) is 9. The van der Waals surface area contributed by atoms with E-state index in [1.165, 1.54) is 26.2 Å². The predicted molar refractivity (Wildman–Crippen MR) is 165 cm³/mol. The number of nitrogens with zero attached hydrogens (tertiary/aromatic N) is 3. The largest absolute Gasteiger partial charge is 0.443 e. The van der Waals surface area contributed by atoms with Crippen LogP contribution in [-0.4, -0.2) is 87.5 Å². The van der Waals surface area contributed by atoms with Crippen LogP contribution in [-0.2, 0) is 25.6 Å². The Morgan fingerprint density at radius 2 is 1.84 bits per heavy atom. The number of pyridine rings is 1. The zero-order valence-corrected chi connectivity index (χ0v) is 25.6. The first-order chi connectivity index (χ1) is 20.8. The molecule has 3 aromatic rings. The van der Waals surface area contributed by atoms with Gasteiger partial charge in [0, 0.05) is 31.4 Å². The number of rotatable bonds is 13. The standard InChI is InChI=1S/C31H41N5O8/c1-31(2,3)44-30(42)36-22(19-21-11-6-8-14-25(21)36)20-35-16-10-13-24(28(35)40)32-27(39)23(33-29(41)43-18-17-37)12-7-9-15-26(38)34(4)5/h6,8-11,13-16,19,23,29,33,37,41H,7,12,17-18,20H2,1-5H3,(H,32,39)/b15-9+/t23-,29?/m0/s1. The Bertz CT molecular complexity index is 1540. The van der Waals surface area contributed by atoms with E-state index in [0.717, 1.165) is 5.39 Å². The molecule has 0 saturated carbocycles. The number of carbonyl (C=O) groups excluding carboxylic acids is 3. The summed E-state index contributed by atoms with van der Waals surface area (Å²) in [6, 6.07) is 11.1. The summed E-state index contributed by atoms with van der Waals surface area (Å²) < 4.78 is 13.4. The Morgan fingerprint density at radius 1 is 1.11 bits per heavy atom. The molecule has 2 atom stereocenters. The summed E-state index contributed by atoms with van der Waals surface area (Å²) in [5, 5.41) is 25.1. The van der Waals surface area contributed by atoms with Crippen molar-refractivity contribution in [1.82, 2.24) is 19.4 Å². The number of likely N-dealkylation sites (N-methyl/N-ethyl adjacent to an activating group) is 1. The van der Waals surface area contributed by atoms with Gasteiger partial charge >= 0.3 is 6.09 Å². The Hall–Kier alpha value is -4.30. The van der Waals surface area contributed by atoms with E-state index in [1.807, 2.05) is 18.2 Å². The zero-order valence-electron chi connectivity index (χ0n) is 25.6. The number of carbonyl (C=O) groups is 3. The normalized spacial score (nSPS) is 13.2. The molecule has 238 valence electrons. The molecule has 0 radical (unpaired) electrons. The first kappa shape index (κ1) is 34.2. The maximum Gasteiger partial charge on any atom is 0.419 e. The summed E-state index contributed by atoms with van der Waals surface area (Å²) in [7, 11) is 3.23. The molecule has 0 aliphatic carbocycles. The van der Waals surface area contributed by atoms with Crippen molar-refractivity contribution >= 4 is 34.5 Å². The minimum Gasteiger partial charge on any atom is -0.443 e. The highest BCUT2D eigenvalue weighted by molar-refractivity contribution is 5.95. The minimum absolute atomic E-state index is 0.0105. The lowest BCUT2D eigenvalue weighted by Crippen LogP contribution is -2.47. The Labute approximate surface area is 255 Å². The third-order valence-corrected chi connectivity index (χ3v) is 6.32. The van der Waals surface area contributed by atoms with Crippen molar-refractivity contribution in [3.05, 3.63) is 76.9 Å². The lowest BCUT2D eigenvalue weighted by atomic mass is 10.1. The van der Waals surface area contributed by atoms with Gasteiger partial charge in [0.05, 0.1) is 31.3 Å². The predicted octanol–water partition coefficient (Wildman–Crippen LogP) is 2.24. The minimum atomic E-state index is -1.56. The van der Waals surface area contributed by atoms with Crippen molar-refractivity contribution in [2.24, 2.45) is 0 Å². The summed E-state index contributed by atoms with van der Waals surface area (Å²) in [5.41, 5.74) is -0.137. The average Bonchev–Trinajstić information content (AvgIpc) is 3.32. The molecular formula is C31H41N5O8. The number of nitrogens with one attached hydrogen (secondary N) is 2. The number of fused-ring (bicyclic) bond motifs is 1. The Balaban J connectivity index is 1.84. The lowest BCUT2D eigenvalue weighted by Gasteiger charge is -2.22. The fourth-order valence-electron chi connectivity index (χ4n) is 4.27. The van der Waals surface area contributed by atoms with Gasteiger partial charge in [-0.1, -0.05) is 24.3 Å². The lowest BCUT2D eigenvalue weighted by molar-refractivity contribution is -0.141. The third kappa shape index (κ3) is 9.61. The zero-order chi connectivity index (χ0) is 32.4. The maximum absolute atomic E-state index is 13.5. The monoisotopic (exact) mass is 611 g/mol. The number of aliphatic hydroxyl groups excluding tert-OH is 2. The quantitative estimate of drug-likeness (QED) is 0.168. The number of benzene rings is 1. The molecule has 2 heterocycles. The van der Waals surface area contributed by atoms with Gasteiger partial charge in [-0.3, -0.25) is 19.7 Å². The summed E-state index contributed by atoms with van der Waals surface area (Å²) in [5.74, 6) is -0.845. The van der Waals surface area contributed by atoms with Crippen LogP contribution in [0.1, 0.15) is 39.3 Å². The molecular weight excluding hydrogens is 570 g/mol. The number of para-hydroxylation sites is 1. The first-order valence-electron chi connectivity index (χ1n) is 14.2. The van der Waals surface area contributed by atoms with Crippen LogP contribution in [0.4, 0.5) is 10.5 Å². The van der Waals surface area contributed by atoms with E-state index < -0.39 is 35.6 Å². The second-order valence-electron chi connectivity index (χ2n) is 11.2. The van der Waals surface area contributed by atoms with E-state index >= 15 is 0 Å². The molecule has 0 spiro atoms. The van der Waals surface area contributed by atoms with E-state index in [1.54, 1.807) is 65.3 Å². The molecule has 0 saturated heterocycles. The number of anilines is 1. The van der Waals surface area contributed by atoms with Gasteiger partial charge < -0.3 is 34.5 Å². The highest BCUT2D eigenvalue weighted by atomic mass is 16.6. The molecule has 0 fully saturated rings. The fraction of sp³-hybridized carbons (Fsp3) is 0.419. The molecule has 0 bridgehead atoms. The number of hydrogen-bond donors (Lipinski definition) is 4.